The van der Waals surface area contributed by atoms with Crippen LogP contribution in [0.3, 0.4) is 0 Å². The van der Waals surface area contributed by atoms with Crippen molar-refractivity contribution in [3.63, 3.8) is 0 Å². The van der Waals surface area contributed by atoms with Gasteiger partial charge in [-0.15, -0.1) is 11.3 Å². The fourth-order valence-corrected chi connectivity index (χ4v) is 3.83. The SMILES string of the molecule is CCNC(=O)c1ccc(NC(=O)[C@@H]2CCCN(C(=O)c3cccs3)C2)cc1. The van der Waals surface area contributed by atoms with Crippen LogP contribution in [0.1, 0.15) is 39.8 Å². The van der Waals surface area contributed by atoms with Gasteiger partial charge in [-0.25, -0.2) is 0 Å². The van der Waals surface area contributed by atoms with Crippen molar-refractivity contribution in [2.24, 2.45) is 5.92 Å². The van der Waals surface area contributed by atoms with E-state index in [1.165, 1.54) is 11.3 Å². The van der Waals surface area contributed by atoms with E-state index in [4.69, 9.17) is 0 Å². The number of nitrogens with one attached hydrogen (secondary N) is 2. The summed E-state index contributed by atoms with van der Waals surface area (Å²) < 4.78 is 0. The van der Waals surface area contributed by atoms with Gasteiger partial charge in [0, 0.05) is 30.9 Å². The lowest BCUT2D eigenvalue weighted by Gasteiger charge is -2.31. The zero-order valence-electron chi connectivity index (χ0n) is 15.2. The molecule has 2 N–H and O–H groups in total. The molecule has 1 fully saturated rings. The Kier molecular flexibility index (Phi) is 6.24. The highest BCUT2D eigenvalue weighted by atomic mass is 32.1. The number of rotatable bonds is 5. The Morgan fingerprint density at radius 3 is 2.63 bits per heavy atom. The van der Waals surface area contributed by atoms with Crippen LogP contribution in [0, 0.1) is 5.92 Å². The number of amides is 3. The number of thiophene rings is 1. The van der Waals surface area contributed by atoms with Crippen molar-refractivity contribution in [1.82, 2.24) is 10.2 Å². The third-order valence-corrected chi connectivity index (χ3v) is 5.42. The number of carbonyl (C=O) groups is 3. The molecule has 142 valence electrons. The lowest BCUT2D eigenvalue weighted by atomic mass is 9.96. The number of nitrogens with zero attached hydrogens (tertiary/aromatic N) is 1. The molecule has 1 atom stereocenters. The average molecular weight is 385 g/mol. The zero-order chi connectivity index (χ0) is 19.2. The number of hydrogen-bond donors (Lipinski definition) is 2. The summed E-state index contributed by atoms with van der Waals surface area (Å²) in [7, 11) is 0. The maximum atomic E-state index is 12.6. The van der Waals surface area contributed by atoms with Crippen LogP contribution in [-0.4, -0.2) is 42.3 Å². The van der Waals surface area contributed by atoms with Gasteiger partial charge in [0.25, 0.3) is 11.8 Å². The number of likely N-dealkylation sites (tertiary alicyclic amines) is 1. The standard InChI is InChI=1S/C20H23N3O3S/c1-2-21-18(24)14-7-9-16(10-8-14)22-19(25)15-5-3-11-23(13-15)20(26)17-6-4-12-27-17/h4,6-10,12,15H,2-3,5,11,13H2,1H3,(H,21,24)(H,22,25)/t15-/m1/s1. The van der Waals surface area contributed by atoms with Gasteiger partial charge in [0.2, 0.25) is 5.91 Å². The monoisotopic (exact) mass is 385 g/mol. The van der Waals surface area contributed by atoms with Crippen LogP contribution in [0.5, 0.6) is 0 Å². The minimum Gasteiger partial charge on any atom is -0.352 e. The topological polar surface area (TPSA) is 78.5 Å². The Morgan fingerprint density at radius 1 is 1.19 bits per heavy atom. The van der Waals surface area contributed by atoms with Gasteiger partial charge >= 0.3 is 0 Å². The summed E-state index contributed by atoms with van der Waals surface area (Å²) in [6, 6.07) is 10.5. The van der Waals surface area contributed by atoms with Crippen molar-refractivity contribution in [2.75, 3.05) is 25.0 Å². The molecule has 3 rings (SSSR count). The molecule has 0 saturated carbocycles. The van der Waals surface area contributed by atoms with E-state index in [1.54, 1.807) is 29.2 Å². The predicted octanol–water partition coefficient (Wildman–Crippen LogP) is 2.99. The molecule has 3 amide bonds. The summed E-state index contributed by atoms with van der Waals surface area (Å²) in [6.45, 7) is 3.55. The summed E-state index contributed by atoms with van der Waals surface area (Å²) in [6.07, 6.45) is 1.57. The summed E-state index contributed by atoms with van der Waals surface area (Å²) in [5, 5.41) is 7.52. The van der Waals surface area contributed by atoms with Gasteiger partial charge in [0.15, 0.2) is 0 Å². The molecular weight excluding hydrogens is 362 g/mol. The molecule has 6 nitrogen and oxygen atoms in total. The Morgan fingerprint density at radius 2 is 1.96 bits per heavy atom. The first-order valence-corrected chi connectivity index (χ1v) is 9.98. The van der Waals surface area contributed by atoms with Crippen LogP contribution in [0.25, 0.3) is 0 Å². The molecule has 1 saturated heterocycles. The van der Waals surface area contributed by atoms with E-state index in [2.05, 4.69) is 10.6 Å². The van der Waals surface area contributed by atoms with Crippen LogP contribution in [0.2, 0.25) is 0 Å². The molecule has 0 radical (unpaired) electrons. The number of piperidine rings is 1. The Labute approximate surface area is 162 Å². The van der Waals surface area contributed by atoms with E-state index in [0.29, 0.717) is 35.8 Å². The van der Waals surface area contributed by atoms with E-state index in [0.717, 1.165) is 12.8 Å². The molecule has 27 heavy (non-hydrogen) atoms. The smallest absolute Gasteiger partial charge is 0.263 e. The summed E-state index contributed by atoms with van der Waals surface area (Å²) in [5.74, 6) is -0.464. The third kappa shape index (κ3) is 4.74. The quantitative estimate of drug-likeness (QED) is 0.830. The van der Waals surface area contributed by atoms with Crippen molar-refractivity contribution >= 4 is 34.7 Å². The Hall–Kier alpha value is -2.67. The van der Waals surface area contributed by atoms with Gasteiger partial charge in [-0.3, -0.25) is 14.4 Å². The first kappa shape index (κ1) is 19.1. The minimum absolute atomic E-state index is 0.00575. The second-order valence-electron chi connectivity index (χ2n) is 6.49. The highest BCUT2D eigenvalue weighted by molar-refractivity contribution is 7.12. The van der Waals surface area contributed by atoms with Crippen molar-refractivity contribution in [3.05, 3.63) is 52.2 Å². The molecule has 2 aromatic rings. The van der Waals surface area contributed by atoms with Crippen LogP contribution < -0.4 is 10.6 Å². The van der Waals surface area contributed by atoms with E-state index in [1.807, 2.05) is 24.4 Å². The lowest BCUT2D eigenvalue weighted by Crippen LogP contribution is -2.43. The largest absolute Gasteiger partial charge is 0.352 e. The number of anilines is 1. The summed E-state index contributed by atoms with van der Waals surface area (Å²) in [5.41, 5.74) is 1.20. The van der Waals surface area contributed by atoms with E-state index < -0.39 is 0 Å². The van der Waals surface area contributed by atoms with Crippen LogP contribution in [0.15, 0.2) is 41.8 Å². The predicted molar refractivity (Wildman–Crippen MR) is 106 cm³/mol. The maximum Gasteiger partial charge on any atom is 0.263 e. The lowest BCUT2D eigenvalue weighted by molar-refractivity contribution is -0.121. The van der Waals surface area contributed by atoms with Gasteiger partial charge in [-0.1, -0.05) is 6.07 Å². The van der Waals surface area contributed by atoms with Crippen molar-refractivity contribution in [2.45, 2.75) is 19.8 Å². The molecule has 1 aliphatic rings. The molecule has 0 unspecified atom stereocenters. The first-order chi connectivity index (χ1) is 13.1. The molecule has 1 aromatic carbocycles. The van der Waals surface area contributed by atoms with Gasteiger partial charge in [-0.2, -0.15) is 0 Å². The number of hydrogen-bond acceptors (Lipinski definition) is 4. The van der Waals surface area contributed by atoms with Gasteiger partial charge in [0.05, 0.1) is 10.8 Å². The minimum atomic E-state index is -0.231. The molecule has 1 aliphatic heterocycles. The molecule has 1 aromatic heterocycles. The summed E-state index contributed by atoms with van der Waals surface area (Å²) >= 11 is 1.42. The molecule has 2 heterocycles. The molecule has 0 spiro atoms. The van der Waals surface area contributed by atoms with Crippen molar-refractivity contribution < 1.29 is 14.4 Å². The molecule has 7 heteroatoms. The second-order valence-corrected chi connectivity index (χ2v) is 7.44. The highest BCUT2D eigenvalue weighted by Gasteiger charge is 2.29. The third-order valence-electron chi connectivity index (χ3n) is 4.56. The summed E-state index contributed by atoms with van der Waals surface area (Å²) in [4.78, 5) is 39.4. The molecular formula is C20H23N3O3S. The van der Waals surface area contributed by atoms with Crippen molar-refractivity contribution in [1.29, 1.82) is 0 Å². The van der Waals surface area contributed by atoms with Gasteiger partial charge < -0.3 is 15.5 Å². The van der Waals surface area contributed by atoms with Crippen molar-refractivity contribution in [3.8, 4) is 0 Å². The number of benzene rings is 1. The second kappa shape index (κ2) is 8.81. The fraction of sp³-hybridized carbons (Fsp3) is 0.350. The van der Waals surface area contributed by atoms with Crippen LogP contribution >= 0.6 is 11.3 Å². The Balaban J connectivity index is 1.59. The fourth-order valence-electron chi connectivity index (χ4n) is 3.14. The van der Waals surface area contributed by atoms with E-state index in [-0.39, 0.29) is 23.6 Å². The van der Waals surface area contributed by atoms with Gasteiger partial charge in [0.1, 0.15) is 0 Å². The highest BCUT2D eigenvalue weighted by Crippen LogP contribution is 2.22. The average Bonchev–Trinajstić information content (AvgIpc) is 3.23. The molecule has 0 aliphatic carbocycles. The van der Waals surface area contributed by atoms with Crippen LogP contribution in [-0.2, 0) is 4.79 Å². The number of carbonyl (C=O) groups excluding carboxylic acids is 3. The molecule has 0 bridgehead atoms. The Bertz CT molecular complexity index is 802. The zero-order valence-corrected chi connectivity index (χ0v) is 16.1. The normalized spacial score (nSPS) is 16.6. The van der Waals surface area contributed by atoms with E-state index in [9.17, 15) is 14.4 Å². The van der Waals surface area contributed by atoms with Gasteiger partial charge in [-0.05, 0) is 55.5 Å². The first-order valence-electron chi connectivity index (χ1n) is 9.10. The maximum absolute atomic E-state index is 12.6. The van der Waals surface area contributed by atoms with Crippen LogP contribution in [0.4, 0.5) is 5.69 Å². The van der Waals surface area contributed by atoms with E-state index >= 15 is 0 Å².